The van der Waals surface area contributed by atoms with Crippen molar-refractivity contribution >= 4 is 35.1 Å². The highest BCUT2D eigenvalue weighted by Gasteiger charge is 2.45. The molecular formula is C14H15ClN2O4. The number of nitrogens with one attached hydrogen (secondary N) is 1. The molecule has 0 unspecified atom stereocenters. The van der Waals surface area contributed by atoms with Crippen LogP contribution in [0.5, 0.6) is 0 Å². The van der Waals surface area contributed by atoms with Gasteiger partial charge in [-0.15, -0.1) is 0 Å². The van der Waals surface area contributed by atoms with Crippen molar-refractivity contribution in [3.8, 4) is 0 Å². The van der Waals surface area contributed by atoms with E-state index in [2.05, 4.69) is 5.32 Å². The first-order valence-corrected chi connectivity index (χ1v) is 6.84. The van der Waals surface area contributed by atoms with Gasteiger partial charge >= 0.3 is 5.97 Å². The highest BCUT2D eigenvalue weighted by Crippen LogP contribution is 2.44. The first kappa shape index (κ1) is 15.3. The molecule has 1 aliphatic rings. The standard InChI is InChI=1S/C14H15ClN2O4/c15-10-3-2-8(6-9(10)12(16)19)17-11(18)7-14(13(20)21)4-1-5-14/h2-3,6H,1,4-5,7H2,(H2,16,19)(H,17,18)(H,20,21). The lowest BCUT2D eigenvalue weighted by atomic mass is 9.66. The molecule has 2 rings (SSSR count). The van der Waals surface area contributed by atoms with Gasteiger partial charge in [0.25, 0.3) is 0 Å². The molecule has 7 heteroatoms. The van der Waals surface area contributed by atoms with Gasteiger partial charge in [0, 0.05) is 12.1 Å². The summed E-state index contributed by atoms with van der Waals surface area (Å²) < 4.78 is 0. The Labute approximate surface area is 126 Å². The molecule has 6 nitrogen and oxygen atoms in total. The molecular weight excluding hydrogens is 296 g/mol. The van der Waals surface area contributed by atoms with Gasteiger partial charge < -0.3 is 16.2 Å². The van der Waals surface area contributed by atoms with Crippen LogP contribution >= 0.6 is 11.6 Å². The van der Waals surface area contributed by atoms with Gasteiger partial charge in [-0.1, -0.05) is 18.0 Å². The third kappa shape index (κ3) is 3.16. The van der Waals surface area contributed by atoms with Gasteiger partial charge in [-0.2, -0.15) is 0 Å². The number of carboxylic acid groups (broad SMARTS) is 1. The van der Waals surface area contributed by atoms with Crippen LogP contribution in [0.2, 0.25) is 5.02 Å². The Hall–Kier alpha value is -2.08. The van der Waals surface area contributed by atoms with Crippen LogP contribution in [0.4, 0.5) is 5.69 Å². The minimum absolute atomic E-state index is 0.0864. The number of anilines is 1. The smallest absolute Gasteiger partial charge is 0.310 e. The number of hydrogen-bond donors (Lipinski definition) is 3. The summed E-state index contributed by atoms with van der Waals surface area (Å²) in [6.07, 6.45) is 1.73. The van der Waals surface area contributed by atoms with E-state index in [-0.39, 0.29) is 17.0 Å². The number of primary amides is 1. The fraction of sp³-hybridized carbons (Fsp3) is 0.357. The Bertz CT molecular complexity index is 611. The van der Waals surface area contributed by atoms with Gasteiger partial charge in [0.15, 0.2) is 0 Å². The monoisotopic (exact) mass is 310 g/mol. The fourth-order valence-corrected chi connectivity index (χ4v) is 2.58. The van der Waals surface area contributed by atoms with Crippen molar-refractivity contribution in [2.75, 3.05) is 5.32 Å². The Kier molecular flexibility index (Phi) is 4.18. The van der Waals surface area contributed by atoms with Crippen molar-refractivity contribution in [2.24, 2.45) is 11.1 Å². The molecule has 0 bridgehead atoms. The number of halogens is 1. The Morgan fingerprint density at radius 3 is 2.48 bits per heavy atom. The molecule has 1 fully saturated rings. The second-order valence-corrected chi connectivity index (χ2v) is 5.63. The highest BCUT2D eigenvalue weighted by molar-refractivity contribution is 6.34. The number of carbonyl (C=O) groups excluding carboxylic acids is 2. The molecule has 1 aliphatic carbocycles. The molecule has 0 spiro atoms. The maximum absolute atomic E-state index is 12.0. The lowest BCUT2D eigenvalue weighted by Gasteiger charge is -2.36. The number of benzene rings is 1. The molecule has 21 heavy (non-hydrogen) atoms. The minimum atomic E-state index is -0.955. The molecule has 0 radical (unpaired) electrons. The van der Waals surface area contributed by atoms with Crippen molar-refractivity contribution in [3.63, 3.8) is 0 Å². The summed E-state index contributed by atoms with van der Waals surface area (Å²) in [5.74, 6) is -2.05. The summed E-state index contributed by atoms with van der Waals surface area (Å²) in [4.78, 5) is 34.4. The molecule has 1 aromatic carbocycles. The molecule has 0 aromatic heterocycles. The van der Waals surface area contributed by atoms with E-state index in [9.17, 15) is 19.5 Å². The van der Waals surface area contributed by atoms with Crippen molar-refractivity contribution in [3.05, 3.63) is 28.8 Å². The minimum Gasteiger partial charge on any atom is -0.481 e. The van der Waals surface area contributed by atoms with Crippen molar-refractivity contribution < 1.29 is 19.5 Å². The number of amides is 2. The van der Waals surface area contributed by atoms with Gasteiger partial charge in [0.05, 0.1) is 16.0 Å². The lowest BCUT2D eigenvalue weighted by Crippen LogP contribution is -2.41. The number of aliphatic carboxylic acids is 1. The van der Waals surface area contributed by atoms with Gasteiger partial charge in [-0.05, 0) is 31.0 Å². The summed E-state index contributed by atoms with van der Waals surface area (Å²) in [6.45, 7) is 0. The largest absolute Gasteiger partial charge is 0.481 e. The molecule has 2 amide bonds. The van der Waals surface area contributed by atoms with Crippen LogP contribution in [0.3, 0.4) is 0 Å². The van der Waals surface area contributed by atoms with Gasteiger partial charge in [-0.3, -0.25) is 14.4 Å². The normalized spacial score (nSPS) is 15.9. The topological polar surface area (TPSA) is 109 Å². The van der Waals surface area contributed by atoms with Crippen molar-refractivity contribution in [1.82, 2.24) is 0 Å². The van der Waals surface area contributed by atoms with E-state index in [0.717, 1.165) is 6.42 Å². The average molecular weight is 311 g/mol. The van der Waals surface area contributed by atoms with Crippen LogP contribution in [0.1, 0.15) is 36.0 Å². The molecule has 112 valence electrons. The summed E-state index contributed by atoms with van der Waals surface area (Å²) in [5, 5.41) is 12.0. The van der Waals surface area contributed by atoms with E-state index in [0.29, 0.717) is 18.5 Å². The first-order chi connectivity index (χ1) is 9.84. The molecule has 1 aromatic rings. The molecule has 0 atom stereocenters. The first-order valence-electron chi connectivity index (χ1n) is 6.47. The summed E-state index contributed by atoms with van der Waals surface area (Å²) in [6, 6.07) is 4.35. The number of hydrogen-bond acceptors (Lipinski definition) is 3. The lowest BCUT2D eigenvalue weighted by molar-refractivity contribution is -0.157. The number of rotatable bonds is 5. The Morgan fingerprint density at radius 2 is 2.00 bits per heavy atom. The Morgan fingerprint density at radius 1 is 1.33 bits per heavy atom. The van der Waals surface area contributed by atoms with Crippen LogP contribution in [0.25, 0.3) is 0 Å². The quantitative estimate of drug-likeness (QED) is 0.772. The molecule has 4 N–H and O–H groups in total. The maximum Gasteiger partial charge on any atom is 0.310 e. The third-order valence-electron chi connectivity index (χ3n) is 3.78. The van der Waals surface area contributed by atoms with E-state index in [4.69, 9.17) is 17.3 Å². The number of nitrogens with two attached hydrogens (primary N) is 1. The van der Waals surface area contributed by atoms with Gasteiger partial charge in [-0.25, -0.2) is 0 Å². The molecule has 0 saturated heterocycles. The molecule has 0 heterocycles. The van der Waals surface area contributed by atoms with E-state index in [1.165, 1.54) is 18.2 Å². The van der Waals surface area contributed by atoms with Crippen molar-refractivity contribution in [2.45, 2.75) is 25.7 Å². The van der Waals surface area contributed by atoms with Crippen LogP contribution in [0.15, 0.2) is 18.2 Å². The van der Waals surface area contributed by atoms with Gasteiger partial charge in [0.2, 0.25) is 11.8 Å². The fourth-order valence-electron chi connectivity index (χ4n) is 2.37. The SMILES string of the molecule is NC(=O)c1cc(NC(=O)CC2(C(=O)O)CCC2)ccc1Cl. The summed E-state index contributed by atoms with van der Waals surface area (Å²) in [5.41, 5.74) is 4.68. The maximum atomic E-state index is 12.0. The van der Waals surface area contributed by atoms with E-state index in [1.807, 2.05) is 0 Å². The number of carboxylic acids is 1. The zero-order valence-electron chi connectivity index (χ0n) is 11.2. The molecule has 1 saturated carbocycles. The highest BCUT2D eigenvalue weighted by atomic mass is 35.5. The summed E-state index contributed by atoms with van der Waals surface area (Å²) >= 11 is 5.82. The van der Waals surface area contributed by atoms with E-state index in [1.54, 1.807) is 0 Å². The average Bonchev–Trinajstić information content (AvgIpc) is 2.35. The zero-order chi connectivity index (χ0) is 15.6. The zero-order valence-corrected chi connectivity index (χ0v) is 11.9. The number of carbonyl (C=O) groups is 3. The second kappa shape index (κ2) is 5.73. The third-order valence-corrected chi connectivity index (χ3v) is 4.11. The van der Waals surface area contributed by atoms with Crippen LogP contribution < -0.4 is 11.1 Å². The summed E-state index contributed by atoms with van der Waals surface area (Å²) in [7, 11) is 0. The van der Waals surface area contributed by atoms with Crippen LogP contribution in [-0.4, -0.2) is 22.9 Å². The predicted octanol–water partition coefficient (Wildman–Crippen LogP) is 2.02. The predicted molar refractivity (Wildman–Crippen MR) is 77.1 cm³/mol. The Balaban J connectivity index is 2.08. The molecule has 0 aliphatic heterocycles. The van der Waals surface area contributed by atoms with E-state index < -0.39 is 23.2 Å². The van der Waals surface area contributed by atoms with E-state index >= 15 is 0 Å². The van der Waals surface area contributed by atoms with Crippen LogP contribution in [0, 0.1) is 5.41 Å². The van der Waals surface area contributed by atoms with Gasteiger partial charge in [0.1, 0.15) is 0 Å². The van der Waals surface area contributed by atoms with Crippen LogP contribution in [-0.2, 0) is 9.59 Å². The van der Waals surface area contributed by atoms with Crippen molar-refractivity contribution in [1.29, 1.82) is 0 Å². The second-order valence-electron chi connectivity index (χ2n) is 5.22.